The van der Waals surface area contributed by atoms with Crippen LogP contribution in [-0.2, 0) is 11.4 Å². The van der Waals surface area contributed by atoms with Crippen molar-refractivity contribution in [1.82, 2.24) is 5.32 Å². The molecule has 0 spiro atoms. The van der Waals surface area contributed by atoms with Crippen LogP contribution in [0.5, 0.6) is 0 Å². The molecule has 0 fully saturated rings. The van der Waals surface area contributed by atoms with Gasteiger partial charge in [-0.1, -0.05) is 77.4 Å². The van der Waals surface area contributed by atoms with Gasteiger partial charge >= 0.3 is 6.09 Å². The van der Waals surface area contributed by atoms with Gasteiger partial charge < -0.3 is 5.32 Å². The maximum atomic E-state index is 11.7. The number of carbonyl (C=O) groups is 1. The van der Waals surface area contributed by atoms with Crippen molar-refractivity contribution in [3.63, 3.8) is 0 Å². The zero-order valence-electron chi connectivity index (χ0n) is 13.4. The number of nitrogens with one attached hydrogen (secondary N) is 1. The van der Waals surface area contributed by atoms with Crippen molar-refractivity contribution < 1.29 is 9.63 Å². The third kappa shape index (κ3) is 3.98. The zero-order chi connectivity index (χ0) is 16.8. The Morgan fingerprint density at radius 2 is 1.79 bits per heavy atom. The summed E-state index contributed by atoms with van der Waals surface area (Å²) in [6.45, 7) is 2.43. The molecule has 4 heteroatoms. The molecule has 3 rings (SSSR count). The van der Waals surface area contributed by atoms with Gasteiger partial charge in [0, 0.05) is 12.1 Å². The van der Waals surface area contributed by atoms with E-state index in [1.54, 1.807) is 6.21 Å². The molecule has 0 aliphatic rings. The fourth-order valence-electron chi connectivity index (χ4n) is 2.41. The van der Waals surface area contributed by atoms with Gasteiger partial charge in [-0.15, -0.1) is 0 Å². The lowest BCUT2D eigenvalue weighted by Gasteiger charge is -2.04. The van der Waals surface area contributed by atoms with Crippen LogP contribution < -0.4 is 5.32 Å². The molecule has 0 aliphatic heterocycles. The SMILES string of the molecule is Cc1ccc(CNC(=O)O/N=C/c2cccc3ccccc23)cc1. The first kappa shape index (κ1) is 15.7. The summed E-state index contributed by atoms with van der Waals surface area (Å²) >= 11 is 0. The molecule has 0 heterocycles. The van der Waals surface area contributed by atoms with Gasteiger partial charge in [-0.05, 0) is 23.3 Å². The molecule has 120 valence electrons. The number of fused-ring (bicyclic) bond motifs is 1. The molecule has 24 heavy (non-hydrogen) atoms. The summed E-state index contributed by atoms with van der Waals surface area (Å²) < 4.78 is 0. The third-order valence-electron chi connectivity index (χ3n) is 3.71. The summed E-state index contributed by atoms with van der Waals surface area (Å²) in [4.78, 5) is 16.5. The number of hydrogen-bond donors (Lipinski definition) is 1. The molecule has 0 unspecified atom stereocenters. The minimum absolute atomic E-state index is 0.406. The molecule has 0 saturated carbocycles. The maximum absolute atomic E-state index is 11.7. The number of amides is 1. The Labute approximate surface area is 140 Å². The van der Waals surface area contributed by atoms with E-state index in [0.29, 0.717) is 6.54 Å². The number of carbonyl (C=O) groups excluding carboxylic acids is 1. The van der Waals surface area contributed by atoms with E-state index in [1.807, 2.05) is 73.7 Å². The van der Waals surface area contributed by atoms with Gasteiger partial charge in [0.1, 0.15) is 0 Å². The summed E-state index contributed by atoms with van der Waals surface area (Å²) in [6.07, 6.45) is 0.973. The Hall–Kier alpha value is -3.14. The van der Waals surface area contributed by atoms with Gasteiger partial charge in [0.2, 0.25) is 0 Å². The second-order valence-electron chi connectivity index (χ2n) is 5.52. The first-order chi connectivity index (χ1) is 11.7. The number of aryl methyl sites for hydroxylation is 1. The van der Waals surface area contributed by atoms with Crippen LogP contribution in [0.15, 0.2) is 71.9 Å². The minimum Gasteiger partial charge on any atom is -0.316 e. The van der Waals surface area contributed by atoms with E-state index in [2.05, 4.69) is 10.5 Å². The van der Waals surface area contributed by atoms with Crippen LogP contribution in [0.25, 0.3) is 10.8 Å². The van der Waals surface area contributed by atoms with E-state index in [0.717, 1.165) is 21.9 Å². The zero-order valence-corrected chi connectivity index (χ0v) is 13.4. The highest BCUT2D eigenvalue weighted by molar-refractivity contribution is 5.99. The predicted octanol–water partition coefficient (Wildman–Crippen LogP) is 4.41. The van der Waals surface area contributed by atoms with Crippen molar-refractivity contribution >= 4 is 23.1 Å². The van der Waals surface area contributed by atoms with E-state index in [1.165, 1.54) is 5.56 Å². The predicted molar refractivity (Wildman–Crippen MR) is 96.0 cm³/mol. The smallest absolute Gasteiger partial charge is 0.316 e. The van der Waals surface area contributed by atoms with Crippen molar-refractivity contribution in [1.29, 1.82) is 0 Å². The Morgan fingerprint density at radius 3 is 2.62 bits per heavy atom. The quantitative estimate of drug-likeness (QED) is 0.440. The molecule has 0 radical (unpaired) electrons. The standard InChI is InChI=1S/C20H18N2O2/c1-15-9-11-16(12-10-15)13-21-20(23)24-22-14-18-7-4-6-17-5-2-3-8-19(17)18/h2-12,14H,13H2,1H3,(H,21,23)/b22-14+. The lowest BCUT2D eigenvalue weighted by molar-refractivity contribution is 0.151. The van der Waals surface area contributed by atoms with Crippen molar-refractivity contribution in [3.05, 3.63) is 83.4 Å². The van der Waals surface area contributed by atoms with E-state index in [9.17, 15) is 4.79 Å². The molecular formula is C20H18N2O2. The molecule has 0 aromatic heterocycles. The van der Waals surface area contributed by atoms with E-state index < -0.39 is 6.09 Å². The molecule has 1 N–H and O–H groups in total. The molecule has 3 aromatic rings. The maximum Gasteiger partial charge on any atom is 0.433 e. The van der Waals surface area contributed by atoms with Gasteiger partial charge in [0.05, 0.1) is 6.21 Å². The number of rotatable bonds is 4. The molecule has 0 saturated heterocycles. The van der Waals surface area contributed by atoms with Crippen LogP contribution in [-0.4, -0.2) is 12.3 Å². The molecular weight excluding hydrogens is 300 g/mol. The summed E-state index contributed by atoms with van der Waals surface area (Å²) in [5.74, 6) is 0. The molecule has 1 amide bonds. The fourth-order valence-corrected chi connectivity index (χ4v) is 2.41. The summed E-state index contributed by atoms with van der Waals surface area (Å²) in [5.41, 5.74) is 3.09. The average Bonchev–Trinajstić information content (AvgIpc) is 2.61. The minimum atomic E-state index is -0.577. The summed E-state index contributed by atoms with van der Waals surface area (Å²) in [7, 11) is 0. The van der Waals surface area contributed by atoms with Gasteiger partial charge in [-0.25, -0.2) is 4.79 Å². The van der Waals surface area contributed by atoms with Crippen LogP contribution in [0, 0.1) is 6.92 Å². The summed E-state index contributed by atoms with van der Waals surface area (Å²) in [5, 5.41) is 8.63. The second kappa shape index (κ2) is 7.42. The van der Waals surface area contributed by atoms with Crippen LogP contribution in [0.3, 0.4) is 0 Å². The Bertz CT molecular complexity index is 865. The van der Waals surface area contributed by atoms with Gasteiger partial charge in [-0.3, -0.25) is 4.84 Å². The number of benzene rings is 3. The van der Waals surface area contributed by atoms with Crippen molar-refractivity contribution in [2.45, 2.75) is 13.5 Å². The van der Waals surface area contributed by atoms with Crippen molar-refractivity contribution in [2.75, 3.05) is 0 Å². The van der Waals surface area contributed by atoms with Crippen molar-refractivity contribution in [2.24, 2.45) is 5.16 Å². The normalized spacial score (nSPS) is 10.9. The third-order valence-corrected chi connectivity index (χ3v) is 3.71. The Morgan fingerprint density at radius 1 is 1.04 bits per heavy atom. The highest BCUT2D eigenvalue weighted by Crippen LogP contribution is 2.16. The van der Waals surface area contributed by atoms with Crippen molar-refractivity contribution in [3.8, 4) is 0 Å². The topological polar surface area (TPSA) is 50.7 Å². The Kier molecular flexibility index (Phi) is 4.87. The molecule has 0 aliphatic carbocycles. The highest BCUT2D eigenvalue weighted by Gasteiger charge is 2.02. The molecule has 0 bridgehead atoms. The molecule has 3 aromatic carbocycles. The molecule has 4 nitrogen and oxygen atoms in total. The fraction of sp³-hybridized carbons (Fsp3) is 0.100. The van der Waals surface area contributed by atoms with Crippen LogP contribution in [0.4, 0.5) is 4.79 Å². The number of oxime groups is 1. The second-order valence-corrected chi connectivity index (χ2v) is 5.52. The van der Waals surface area contributed by atoms with Gasteiger partial charge in [0.25, 0.3) is 0 Å². The van der Waals surface area contributed by atoms with E-state index in [4.69, 9.17) is 4.84 Å². The van der Waals surface area contributed by atoms with Crippen LogP contribution in [0.2, 0.25) is 0 Å². The van der Waals surface area contributed by atoms with E-state index in [-0.39, 0.29) is 0 Å². The number of nitrogens with zero attached hydrogens (tertiary/aromatic N) is 1. The average molecular weight is 318 g/mol. The van der Waals surface area contributed by atoms with Crippen LogP contribution >= 0.6 is 0 Å². The number of hydrogen-bond acceptors (Lipinski definition) is 3. The largest absolute Gasteiger partial charge is 0.433 e. The lowest BCUT2D eigenvalue weighted by Crippen LogP contribution is -2.22. The van der Waals surface area contributed by atoms with Gasteiger partial charge in [-0.2, -0.15) is 0 Å². The Balaban J connectivity index is 1.57. The first-order valence-electron chi connectivity index (χ1n) is 7.74. The summed E-state index contributed by atoms with van der Waals surface area (Å²) in [6, 6.07) is 21.8. The monoisotopic (exact) mass is 318 g/mol. The lowest BCUT2D eigenvalue weighted by atomic mass is 10.1. The first-order valence-corrected chi connectivity index (χ1v) is 7.74. The van der Waals surface area contributed by atoms with Crippen LogP contribution in [0.1, 0.15) is 16.7 Å². The molecule has 0 atom stereocenters. The van der Waals surface area contributed by atoms with Gasteiger partial charge in [0.15, 0.2) is 0 Å². The highest BCUT2D eigenvalue weighted by atomic mass is 16.7. The van der Waals surface area contributed by atoms with E-state index >= 15 is 0 Å².